The number of carbonyl (C=O) groups excluding carboxylic acids is 1. The number of nitrogens with zero attached hydrogens (tertiary/aromatic N) is 1. The lowest BCUT2D eigenvalue weighted by molar-refractivity contribution is -0.119. The van der Waals surface area contributed by atoms with E-state index in [4.69, 9.17) is 0 Å². The first-order chi connectivity index (χ1) is 8.43. The molecule has 1 aliphatic heterocycles. The van der Waals surface area contributed by atoms with E-state index in [1.807, 2.05) is 13.8 Å². The number of fused-ring (bicyclic) bond motifs is 1. The Labute approximate surface area is 105 Å². The van der Waals surface area contributed by atoms with E-state index < -0.39 is 5.97 Å². The van der Waals surface area contributed by atoms with Crippen molar-refractivity contribution in [1.29, 1.82) is 0 Å². The van der Waals surface area contributed by atoms with Crippen molar-refractivity contribution in [2.45, 2.75) is 32.9 Å². The maximum atomic E-state index is 12.2. The molecule has 2 N–H and O–H groups in total. The Hall–Kier alpha value is -2.04. The van der Waals surface area contributed by atoms with Gasteiger partial charge in [-0.05, 0) is 32.9 Å². The topological polar surface area (TPSA) is 69.6 Å². The highest BCUT2D eigenvalue weighted by atomic mass is 16.4. The summed E-state index contributed by atoms with van der Waals surface area (Å²) in [6.07, 6.45) is 0. The van der Waals surface area contributed by atoms with Gasteiger partial charge in [-0.15, -0.1) is 0 Å². The van der Waals surface area contributed by atoms with E-state index in [0.717, 1.165) is 0 Å². The molecule has 1 aliphatic rings. The Morgan fingerprint density at radius 3 is 2.67 bits per heavy atom. The third-order valence-corrected chi connectivity index (χ3v) is 3.00. The van der Waals surface area contributed by atoms with Gasteiger partial charge in [0, 0.05) is 6.04 Å². The van der Waals surface area contributed by atoms with Gasteiger partial charge in [-0.2, -0.15) is 0 Å². The molecule has 0 radical (unpaired) electrons. The number of rotatable bonds is 2. The lowest BCUT2D eigenvalue weighted by atomic mass is 10.0. The average molecular weight is 248 g/mol. The van der Waals surface area contributed by atoms with Crippen LogP contribution in [0.2, 0.25) is 0 Å². The molecule has 5 heteroatoms. The number of benzene rings is 1. The molecule has 1 atom stereocenters. The van der Waals surface area contributed by atoms with Crippen LogP contribution in [-0.4, -0.2) is 29.1 Å². The number of hydrogen-bond acceptors (Lipinski definition) is 3. The third-order valence-electron chi connectivity index (χ3n) is 3.00. The molecule has 5 nitrogen and oxygen atoms in total. The normalized spacial score (nSPS) is 18.6. The van der Waals surface area contributed by atoms with Crippen LogP contribution in [0, 0.1) is 0 Å². The van der Waals surface area contributed by atoms with E-state index in [1.54, 1.807) is 24.0 Å². The van der Waals surface area contributed by atoms with Crippen LogP contribution in [0.15, 0.2) is 18.2 Å². The molecule has 0 bridgehead atoms. The number of para-hydroxylation sites is 1. The Balaban J connectivity index is 2.66. The second-order valence-corrected chi connectivity index (χ2v) is 4.67. The summed E-state index contributed by atoms with van der Waals surface area (Å²) in [5.74, 6) is -1.13. The van der Waals surface area contributed by atoms with Crippen LogP contribution in [0.4, 0.5) is 11.4 Å². The summed E-state index contributed by atoms with van der Waals surface area (Å²) < 4.78 is 0. The van der Waals surface area contributed by atoms with Gasteiger partial charge in [-0.3, -0.25) is 4.79 Å². The Morgan fingerprint density at radius 1 is 1.44 bits per heavy atom. The smallest absolute Gasteiger partial charge is 0.337 e. The average Bonchev–Trinajstić information content (AvgIpc) is 2.29. The standard InChI is InChI=1S/C13H16N2O3/c1-7(2)15-11-9(13(17)18)5-4-6-10(11)14-8(3)12(15)16/h4-8,14H,1-3H3,(H,17,18). The van der Waals surface area contributed by atoms with Gasteiger partial charge in [-0.25, -0.2) is 4.79 Å². The van der Waals surface area contributed by atoms with Crippen molar-refractivity contribution in [1.82, 2.24) is 0 Å². The van der Waals surface area contributed by atoms with E-state index >= 15 is 0 Å². The molecule has 0 aromatic heterocycles. The maximum Gasteiger partial charge on any atom is 0.337 e. The van der Waals surface area contributed by atoms with Crippen LogP contribution in [0.3, 0.4) is 0 Å². The predicted molar refractivity (Wildman–Crippen MR) is 69.1 cm³/mol. The number of hydrogen-bond donors (Lipinski definition) is 2. The quantitative estimate of drug-likeness (QED) is 0.839. The summed E-state index contributed by atoms with van der Waals surface area (Å²) in [4.78, 5) is 25.0. The molecule has 1 unspecified atom stereocenters. The van der Waals surface area contributed by atoms with E-state index in [-0.39, 0.29) is 23.6 Å². The van der Waals surface area contributed by atoms with Gasteiger partial charge in [-0.1, -0.05) is 6.07 Å². The van der Waals surface area contributed by atoms with Crippen molar-refractivity contribution in [3.05, 3.63) is 23.8 Å². The molecule has 0 saturated heterocycles. The first kappa shape index (κ1) is 12.4. The van der Waals surface area contributed by atoms with Crippen molar-refractivity contribution in [2.75, 3.05) is 10.2 Å². The molecule has 96 valence electrons. The molecule has 1 aromatic carbocycles. The molecule has 1 heterocycles. The summed E-state index contributed by atoms with van der Waals surface area (Å²) >= 11 is 0. The van der Waals surface area contributed by atoms with Crippen LogP contribution in [-0.2, 0) is 4.79 Å². The number of anilines is 2. The summed E-state index contributed by atoms with van der Waals surface area (Å²) in [5, 5.41) is 12.3. The maximum absolute atomic E-state index is 12.2. The highest BCUT2D eigenvalue weighted by molar-refractivity contribution is 6.10. The zero-order valence-corrected chi connectivity index (χ0v) is 10.6. The van der Waals surface area contributed by atoms with Crippen LogP contribution in [0.25, 0.3) is 0 Å². The fourth-order valence-corrected chi connectivity index (χ4v) is 2.22. The molecular formula is C13H16N2O3. The number of amides is 1. The number of carbonyl (C=O) groups is 2. The highest BCUT2D eigenvalue weighted by Crippen LogP contribution is 2.36. The fraction of sp³-hybridized carbons (Fsp3) is 0.385. The Bertz CT molecular complexity index is 511. The van der Waals surface area contributed by atoms with E-state index in [0.29, 0.717) is 11.4 Å². The Morgan fingerprint density at radius 2 is 2.11 bits per heavy atom. The van der Waals surface area contributed by atoms with Crippen molar-refractivity contribution in [2.24, 2.45) is 0 Å². The van der Waals surface area contributed by atoms with Gasteiger partial charge in [0.15, 0.2) is 0 Å². The summed E-state index contributed by atoms with van der Waals surface area (Å²) in [7, 11) is 0. The minimum atomic E-state index is -1.03. The Kier molecular flexibility index (Phi) is 2.98. The molecule has 0 fully saturated rings. The third kappa shape index (κ3) is 1.81. The van der Waals surface area contributed by atoms with Gasteiger partial charge < -0.3 is 15.3 Å². The molecule has 18 heavy (non-hydrogen) atoms. The number of carboxylic acid groups (broad SMARTS) is 1. The number of carboxylic acids is 1. The number of aromatic carboxylic acids is 1. The molecule has 2 rings (SSSR count). The molecular weight excluding hydrogens is 232 g/mol. The lowest BCUT2D eigenvalue weighted by Gasteiger charge is -2.37. The van der Waals surface area contributed by atoms with E-state index in [1.165, 1.54) is 6.07 Å². The molecule has 0 spiro atoms. The van der Waals surface area contributed by atoms with E-state index in [9.17, 15) is 14.7 Å². The SMILES string of the molecule is CC1Nc2cccc(C(=O)O)c2N(C(C)C)C1=O. The van der Waals surface area contributed by atoms with Gasteiger partial charge in [0.05, 0.1) is 16.9 Å². The molecule has 0 aliphatic carbocycles. The first-order valence-electron chi connectivity index (χ1n) is 5.89. The summed E-state index contributed by atoms with van der Waals surface area (Å²) in [6, 6.07) is 4.56. The van der Waals surface area contributed by atoms with Gasteiger partial charge >= 0.3 is 5.97 Å². The second kappa shape index (κ2) is 4.33. The van der Waals surface area contributed by atoms with Gasteiger partial charge in [0.25, 0.3) is 0 Å². The minimum absolute atomic E-state index is 0.0821. The van der Waals surface area contributed by atoms with E-state index in [2.05, 4.69) is 5.32 Å². The number of nitrogens with one attached hydrogen (secondary N) is 1. The monoisotopic (exact) mass is 248 g/mol. The zero-order valence-electron chi connectivity index (χ0n) is 10.6. The molecule has 0 saturated carbocycles. The molecule has 1 amide bonds. The lowest BCUT2D eigenvalue weighted by Crippen LogP contribution is -2.49. The van der Waals surface area contributed by atoms with Crippen molar-refractivity contribution < 1.29 is 14.7 Å². The van der Waals surface area contributed by atoms with Gasteiger partial charge in [0.2, 0.25) is 5.91 Å². The minimum Gasteiger partial charge on any atom is -0.478 e. The van der Waals surface area contributed by atoms with Gasteiger partial charge in [0.1, 0.15) is 6.04 Å². The van der Waals surface area contributed by atoms with Crippen LogP contribution in [0.1, 0.15) is 31.1 Å². The predicted octanol–water partition coefficient (Wildman–Crippen LogP) is 1.94. The fourth-order valence-electron chi connectivity index (χ4n) is 2.22. The molecule has 1 aromatic rings. The summed E-state index contributed by atoms with van der Waals surface area (Å²) in [5.41, 5.74) is 1.30. The second-order valence-electron chi connectivity index (χ2n) is 4.67. The van der Waals surface area contributed by atoms with Crippen molar-refractivity contribution in [3.63, 3.8) is 0 Å². The zero-order chi connectivity index (χ0) is 13.4. The largest absolute Gasteiger partial charge is 0.478 e. The first-order valence-corrected chi connectivity index (χ1v) is 5.89. The van der Waals surface area contributed by atoms with Crippen LogP contribution >= 0.6 is 0 Å². The van der Waals surface area contributed by atoms with Crippen molar-refractivity contribution >= 4 is 23.3 Å². The summed E-state index contributed by atoms with van der Waals surface area (Å²) in [6.45, 7) is 5.52. The van der Waals surface area contributed by atoms with Crippen LogP contribution < -0.4 is 10.2 Å². The van der Waals surface area contributed by atoms with Crippen LogP contribution in [0.5, 0.6) is 0 Å². The highest BCUT2D eigenvalue weighted by Gasteiger charge is 2.34. The van der Waals surface area contributed by atoms with Crippen molar-refractivity contribution in [3.8, 4) is 0 Å².